The third-order valence-corrected chi connectivity index (χ3v) is 5.73. The van der Waals surface area contributed by atoms with E-state index in [1.165, 1.54) is 5.56 Å². The normalized spacial score (nSPS) is 11.2. The van der Waals surface area contributed by atoms with Gasteiger partial charge in [-0.15, -0.1) is 0 Å². The van der Waals surface area contributed by atoms with Gasteiger partial charge in [0.25, 0.3) is 5.89 Å². The van der Waals surface area contributed by atoms with Gasteiger partial charge >= 0.3 is 11.6 Å². The smallest absolute Gasteiger partial charge is 0.339 e. The highest BCUT2D eigenvalue weighted by molar-refractivity contribution is 5.82. The van der Waals surface area contributed by atoms with Gasteiger partial charge < -0.3 is 18.4 Å². The topological polar surface area (TPSA) is 105 Å². The Hall–Kier alpha value is -3.94. The summed E-state index contributed by atoms with van der Waals surface area (Å²) in [7, 11) is 1.55. The fraction of sp³-hybridized carbons (Fsp3) is 0.308. The number of ether oxygens (including phenoxy) is 2. The maximum Gasteiger partial charge on any atom is 0.339 e. The summed E-state index contributed by atoms with van der Waals surface area (Å²) in [6.07, 6.45) is 0.219. The first-order chi connectivity index (χ1) is 16.4. The van der Waals surface area contributed by atoms with Crippen LogP contribution in [0.15, 0.2) is 56.2 Å². The number of benzene rings is 2. The van der Waals surface area contributed by atoms with Crippen LogP contribution in [-0.4, -0.2) is 23.2 Å². The molecule has 2 aromatic carbocycles. The number of esters is 1. The molecule has 0 saturated heterocycles. The average Bonchev–Trinajstić information content (AvgIpc) is 3.31. The molecular formula is C26H26N2O6. The van der Waals surface area contributed by atoms with Crippen LogP contribution in [0.3, 0.4) is 0 Å². The first-order valence-corrected chi connectivity index (χ1v) is 11.0. The Kier molecular flexibility index (Phi) is 6.77. The van der Waals surface area contributed by atoms with Crippen LogP contribution >= 0.6 is 0 Å². The molecular weight excluding hydrogens is 436 g/mol. The lowest BCUT2D eigenvalue weighted by Crippen LogP contribution is -2.14. The van der Waals surface area contributed by atoms with Crippen molar-refractivity contribution in [1.82, 2.24) is 10.1 Å². The lowest BCUT2D eigenvalue weighted by molar-refractivity contribution is -0.145. The van der Waals surface area contributed by atoms with Gasteiger partial charge in [0.1, 0.15) is 11.3 Å². The monoisotopic (exact) mass is 462 g/mol. The predicted octanol–water partition coefficient (Wildman–Crippen LogP) is 4.96. The van der Waals surface area contributed by atoms with Gasteiger partial charge in [0.05, 0.1) is 7.11 Å². The second-order valence-corrected chi connectivity index (χ2v) is 8.30. The zero-order valence-corrected chi connectivity index (χ0v) is 19.6. The number of nitrogens with zero attached hydrogens (tertiary/aromatic N) is 2. The first-order valence-electron chi connectivity index (χ1n) is 11.0. The lowest BCUT2D eigenvalue weighted by Gasteiger charge is -2.08. The molecule has 0 fully saturated rings. The van der Waals surface area contributed by atoms with Crippen molar-refractivity contribution in [2.24, 2.45) is 0 Å². The van der Waals surface area contributed by atoms with Crippen molar-refractivity contribution in [1.29, 1.82) is 0 Å². The molecule has 0 aliphatic heterocycles. The second-order valence-electron chi connectivity index (χ2n) is 8.30. The third kappa shape index (κ3) is 5.01. The molecule has 0 aliphatic rings. The standard InChI is InChI=1S/C26H26N2O6/c1-15(2)17-5-7-18(8-6-17)25-27-23(34-28-25)14-32-24(29)12-11-21-16(3)20-10-9-19(31-4)13-22(20)33-26(21)30/h5-10,13,15H,11-12,14H2,1-4H3. The van der Waals surface area contributed by atoms with Crippen molar-refractivity contribution >= 4 is 16.9 Å². The molecule has 8 heteroatoms. The van der Waals surface area contributed by atoms with Crippen molar-refractivity contribution < 1.29 is 23.2 Å². The Labute approximate surface area is 196 Å². The number of carbonyl (C=O) groups excluding carboxylic acids is 1. The second kappa shape index (κ2) is 9.91. The summed E-state index contributed by atoms with van der Waals surface area (Å²) in [5.41, 5.74) is 3.22. The van der Waals surface area contributed by atoms with Crippen molar-refractivity contribution in [2.75, 3.05) is 7.11 Å². The summed E-state index contributed by atoms with van der Waals surface area (Å²) >= 11 is 0. The highest BCUT2D eigenvalue weighted by Crippen LogP contribution is 2.25. The van der Waals surface area contributed by atoms with Crippen molar-refractivity contribution in [3.8, 4) is 17.1 Å². The third-order valence-electron chi connectivity index (χ3n) is 5.73. The van der Waals surface area contributed by atoms with Crippen LogP contribution in [0, 0.1) is 6.92 Å². The molecule has 176 valence electrons. The molecule has 0 aliphatic carbocycles. The summed E-state index contributed by atoms with van der Waals surface area (Å²) in [5, 5.41) is 4.75. The molecule has 8 nitrogen and oxygen atoms in total. The van der Waals surface area contributed by atoms with Gasteiger partial charge in [-0.3, -0.25) is 4.79 Å². The van der Waals surface area contributed by atoms with E-state index in [4.69, 9.17) is 18.4 Å². The molecule has 0 saturated carbocycles. The van der Waals surface area contributed by atoms with E-state index in [1.807, 2.05) is 37.3 Å². The Bertz CT molecular complexity index is 1370. The highest BCUT2D eigenvalue weighted by Gasteiger charge is 2.16. The fourth-order valence-corrected chi connectivity index (χ4v) is 3.68. The molecule has 4 aromatic rings. The summed E-state index contributed by atoms with van der Waals surface area (Å²) in [6, 6.07) is 13.2. The minimum absolute atomic E-state index is 0.0188. The van der Waals surface area contributed by atoms with Crippen LogP contribution in [0.5, 0.6) is 5.75 Å². The molecule has 2 heterocycles. The molecule has 2 aromatic heterocycles. The van der Waals surface area contributed by atoms with Crippen molar-refractivity contribution in [3.05, 3.63) is 75.5 Å². The largest absolute Gasteiger partial charge is 0.497 e. The van der Waals surface area contributed by atoms with E-state index in [2.05, 4.69) is 24.0 Å². The zero-order chi connectivity index (χ0) is 24.2. The summed E-state index contributed by atoms with van der Waals surface area (Å²) in [5.74, 6) is 1.19. The lowest BCUT2D eigenvalue weighted by atomic mass is 10.0. The molecule has 0 spiro atoms. The van der Waals surface area contributed by atoms with E-state index in [9.17, 15) is 9.59 Å². The van der Waals surface area contributed by atoms with E-state index >= 15 is 0 Å². The molecule has 0 atom stereocenters. The van der Waals surface area contributed by atoms with Crippen LogP contribution in [0.25, 0.3) is 22.4 Å². The summed E-state index contributed by atoms with van der Waals surface area (Å²) in [4.78, 5) is 29.0. The first kappa shape index (κ1) is 23.2. The maximum atomic E-state index is 12.4. The zero-order valence-electron chi connectivity index (χ0n) is 19.6. The van der Waals surface area contributed by atoms with Crippen molar-refractivity contribution in [3.63, 3.8) is 0 Å². The minimum atomic E-state index is -0.477. The van der Waals surface area contributed by atoms with Crippen LogP contribution < -0.4 is 10.4 Å². The Morgan fingerprint density at radius 2 is 1.88 bits per heavy atom. The van der Waals surface area contributed by atoms with Gasteiger partial charge in [0, 0.05) is 29.0 Å². The number of carbonyl (C=O) groups is 1. The molecule has 0 unspecified atom stereocenters. The predicted molar refractivity (Wildman–Crippen MR) is 126 cm³/mol. The maximum absolute atomic E-state index is 12.4. The van der Waals surface area contributed by atoms with Gasteiger partial charge in [-0.25, -0.2) is 4.79 Å². The number of fused-ring (bicyclic) bond motifs is 1. The minimum Gasteiger partial charge on any atom is -0.497 e. The number of hydrogen-bond donors (Lipinski definition) is 0. The molecule has 0 amide bonds. The van der Waals surface area contributed by atoms with E-state index < -0.39 is 11.6 Å². The summed E-state index contributed by atoms with van der Waals surface area (Å²) < 4.78 is 21.1. The van der Waals surface area contributed by atoms with E-state index in [0.717, 1.165) is 16.5 Å². The Morgan fingerprint density at radius 3 is 2.59 bits per heavy atom. The summed E-state index contributed by atoms with van der Waals surface area (Å²) in [6.45, 7) is 5.95. The van der Waals surface area contributed by atoms with Crippen LogP contribution in [0.2, 0.25) is 0 Å². The average molecular weight is 463 g/mol. The van der Waals surface area contributed by atoms with Gasteiger partial charge in [0.2, 0.25) is 5.82 Å². The number of rotatable bonds is 8. The number of methoxy groups -OCH3 is 1. The molecule has 0 N–H and O–H groups in total. The number of aryl methyl sites for hydroxylation is 1. The molecule has 0 radical (unpaired) electrons. The Morgan fingerprint density at radius 1 is 1.12 bits per heavy atom. The van der Waals surface area contributed by atoms with E-state index in [0.29, 0.717) is 28.6 Å². The highest BCUT2D eigenvalue weighted by atomic mass is 16.6. The van der Waals surface area contributed by atoms with Crippen LogP contribution in [0.4, 0.5) is 0 Å². The van der Waals surface area contributed by atoms with E-state index in [1.54, 1.807) is 19.2 Å². The molecule has 34 heavy (non-hydrogen) atoms. The van der Waals surface area contributed by atoms with Crippen LogP contribution in [-0.2, 0) is 22.6 Å². The van der Waals surface area contributed by atoms with Crippen molar-refractivity contribution in [2.45, 2.75) is 46.1 Å². The number of aromatic nitrogens is 2. The molecule has 4 rings (SSSR count). The van der Waals surface area contributed by atoms with Crippen LogP contribution in [0.1, 0.15) is 48.8 Å². The van der Waals surface area contributed by atoms with Gasteiger partial charge in [0.15, 0.2) is 6.61 Å². The van der Waals surface area contributed by atoms with Gasteiger partial charge in [-0.1, -0.05) is 43.3 Å². The van der Waals surface area contributed by atoms with Gasteiger partial charge in [-0.05, 0) is 42.5 Å². The fourth-order valence-electron chi connectivity index (χ4n) is 3.68. The SMILES string of the molecule is COc1ccc2c(C)c(CCC(=O)OCc3nc(-c4ccc(C(C)C)cc4)no3)c(=O)oc2c1. The molecule has 0 bridgehead atoms. The number of hydrogen-bond acceptors (Lipinski definition) is 8. The Balaban J connectivity index is 1.36. The van der Waals surface area contributed by atoms with Gasteiger partial charge in [-0.2, -0.15) is 4.98 Å². The van der Waals surface area contributed by atoms with E-state index in [-0.39, 0.29) is 25.3 Å². The quantitative estimate of drug-likeness (QED) is 0.267.